The largest absolute Gasteiger partial charge is 0.378 e. The third-order valence-electron chi connectivity index (χ3n) is 6.27. The minimum Gasteiger partial charge on any atom is -0.378 e. The van der Waals surface area contributed by atoms with E-state index >= 15 is 0 Å². The van der Waals surface area contributed by atoms with Gasteiger partial charge in [-0.05, 0) is 81.5 Å². The van der Waals surface area contributed by atoms with Crippen LogP contribution >= 0.6 is 11.8 Å². The quantitative estimate of drug-likeness (QED) is 0.621. The molecule has 0 aliphatic carbocycles. The number of nitrogens with zero attached hydrogens (tertiary/aromatic N) is 3. The highest BCUT2D eigenvalue weighted by Crippen LogP contribution is 2.28. The Morgan fingerprint density at radius 3 is 2.47 bits per heavy atom. The molecule has 1 aromatic heterocycles. The van der Waals surface area contributed by atoms with Gasteiger partial charge in [0.1, 0.15) is 0 Å². The summed E-state index contributed by atoms with van der Waals surface area (Å²) in [6.07, 6.45) is 1.95. The average molecular weight is 453 g/mol. The Labute approximate surface area is 193 Å². The zero-order valence-corrected chi connectivity index (χ0v) is 20.3. The molecule has 7 heteroatoms. The van der Waals surface area contributed by atoms with Gasteiger partial charge >= 0.3 is 5.69 Å². The van der Waals surface area contributed by atoms with Gasteiger partial charge in [0.15, 0.2) is 0 Å². The number of thioether (sulfide) groups is 1. The summed E-state index contributed by atoms with van der Waals surface area (Å²) in [5.41, 5.74) is 3.73. The molecule has 1 fully saturated rings. The predicted molar refractivity (Wildman–Crippen MR) is 135 cm³/mol. The number of nitrogens with one attached hydrogen (secondary N) is 1. The number of hydrogen-bond acceptors (Lipinski definition) is 4. The van der Waals surface area contributed by atoms with Gasteiger partial charge < -0.3 is 10.2 Å². The van der Waals surface area contributed by atoms with Crippen molar-refractivity contribution in [2.75, 3.05) is 30.5 Å². The van der Waals surface area contributed by atoms with Crippen molar-refractivity contribution in [3.8, 4) is 5.69 Å². The zero-order chi connectivity index (χ0) is 23.0. The lowest BCUT2D eigenvalue weighted by Gasteiger charge is -2.34. The van der Waals surface area contributed by atoms with E-state index in [0.717, 1.165) is 46.8 Å². The van der Waals surface area contributed by atoms with Crippen molar-refractivity contribution in [1.82, 2.24) is 14.5 Å². The number of anilines is 1. The van der Waals surface area contributed by atoms with E-state index in [2.05, 4.69) is 12.2 Å². The van der Waals surface area contributed by atoms with Crippen molar-refractivity contribution in [2.45, 2.75) is 45.2 Å². The Bertz CT molecular complexity index is 1200. The third-order valence-corrected chi connectivity index (χ3v) is 7.25. The lowest BCUT2D eigenvalue weighted by atomic mass is 9.94. The molecule has 1 N–H and O–H groups in total. The number of amides is 1. The number of carbonyl (C=O) groups excluding carboxylic acids is 1. The minimum absolute atomic E-state index is 0.0329. The van der Waals surface area contributed by atoms with Crippen LogP contribution in [-0.4, -0.2) is 46.2 Å². The van der Waals surface area contributed by atoms with Crippen LogP contribution in [-0.2, 0) is 0 Å². The van der Waals surface area contributed by atoms with Gasteiger partial charge in [0.05, 0.1) is 16.7 Å². The van der Waals surface area contributed by atoms with Crippen molar-refractivity contribution in [1.29, 1.82) is 0 Å². The number of hydrogen-bond donors (Lipinski definition) is 1. The van der Waals surface area contributed by atoms with Crippen LogP contribution in [0.5, 0.6) is 0 Å². The summed E-state index contributed by atoms with van der Waals surface area (Å²) >= 11 is 1.94. The maximum Gasteiger partial charge on any atom is 0.333 e. The number of aromatic nitrogens is 2. The molecule has 2 aromatic carbocycles. The second-order valence-electron chi connectivity index (χ2n) is 9.33. The second kappa shape index (κ2) is 8.70. The summed E-state index contributed by atoms with van der Waals surface area (Å²) in [5, 5.41) is 3.25. The first-order chi connectivity index (χ1) is 15.2. The van der Waals surface area contributed by atoms with Gasteiger partial charge in [0.25, 0.3) is 5.91 Å². The van der Waals surface area contributed by atoms with Gasteiger partial charge in [0.2, 0.25) is 0 Å². The summed E-state index contributed by atoms with van der Waals surface area (Å²) in [7, 11) is 3.96. The molecular weight excluding hydrogens is 420 g/mol. The minimum atomic E-state index is -0.173. The molecule has 0 atom stereocenters. The first kappa shape index (κ1) is 22.5. The molecule has 0 spiro atoms. The molecule has 1 aliphatic rings. The zero-order valence-electron chi connectivity index (χ0n) is 19.5. The van der Waals surface area contributed by atoms with Gasteiger partial charge in [-0.15, -0.1) is 0 Å². The van der Waals surface area contributed by atoms with Crippen LogP contribution in [0.4, 0.5) is 5.69 Å². The highest BCUT2D eigenvalue weighted by Gasteiger charge is 2.29. The molecule has 0 unspecified atom stereocenters. The summed E-state index contributed by atoms with van der Waals surface area (Å²) in [4.78, 5) is 28.6. The number of carbonyl (C=O) groups is 1. The Morgan fingerprint density at radius 2 is 1.81 bits per heavy atom. The Kier molecular flexibility index (Phi) is 6.12. The Hall–Kier alpha value is -2.67. The fourth-order valence-corrected chi connectivity index (χ4v) is 5.71. The van der Waals surface area contributed by atoms with Crippen LogP contribution in [0.25, 0.3) is 16.7 Å². The standard InChI is InChI=1S/C25H32N4O2S/c1-17(2)28-22-15-18(23(30)26-25(3)11-13-32-14-12-25)9-10-21(22)29(24(28)31)20-8-6-7-19(16-20)27(4)5/h6-10,15-17H,11-14H2,1-5H3,(H,26,30). The first-order valence-electron chi connectivity index (χ1n) is 11.2. The summed E-state index contributed by atoms with van der Waals surface area (Å²) in [6, 6.07) is 13.5. The molecule has 4 rings (SSSR count). The van der Waals surface area contributed by atoms with E-state index in [9.17, 15) is 9.59 Å². The average Bonchev–Trinajstić information content (AvgIpc) is 3.05. The predicted octanol–water partition coefficient (Wildman–Crippen LogP) is 4.45. The van der Waals surface area contributed by atoms with E-state index in [1.807, 2.05) is 87.1 Å². The van der Waals surface area contributed by atoms with Crippen LogP contribution in [0.2, 0.25) is 0 Å². The van der Waals surface area contributed by atoms with Crippen molar-refractivity contribution in [3.63, 3.8) is 0 Å². The highest BCUT2D eigenvalue weighted by molar-refractivity contribution is 7.99. The van der Waals surface area contributed by atoms with Crippen LogP contribution in [0.3, 0.4) is 0 Å². The summed E-state index contributed by atoms with van der Waals surface area (Å²) < 4.78 is 3.51. The highest BCUT2D eigenvalue weighted by atomic mass is 32.2. The van der Waals surface area contributed by atoms with Crippen LogP contribution in [0.1, 0.15) is 50.0 Å². The van der Waals surface area contributed by atoms with Crippen LogP contribution < -0.4 is 15.9 Å². The molecule has 3 aromatic rings. The van der Waals surface area contributed by atoms with E-state index in [4.69, 9.17) is 0 Å². The monoisotopic (exact) mass is 452 g/mol. The van der Waals surface area contributed by atoms with Crippen molar-refractivity contribution in [2.24, 2.45) is 0 Å². The number of imidazole rings is 1. The number of rotatable bonds is 5. The molecule has 1 aliphatic heterocycles. The van der Waals surface area contributed by atoms with Crippen molar-refractivity contribution >= 4 is 34.4 Å². The second-order valence-corrected chi connectivity index (χ2v) is 10.6. The normalized spacial score (nSPS) is 15.8. The molecule has 1 amide bonds. The van der Waals surface area contributed by atoms with Crippen molar-refractivity contribution < 1.29 is 4.79 Å². The summed E-state index contributed by atoms with van der Waals surface area (Å²) in [6.45, 7) is 6.12. The molecule has 2 heterocycles. The SMILES string of the molecule is CC(C)n1c(=O)n(-c2cccc(N(C)C)c2)c2ccc(C(=O)NC3(C)CCSCC3)cc21. The smallest absolute Gasteiger partial charge is 0.333 e. The van der Waals surface area contributed by atoms with E-state index in [1.165, 1.54) is 0 Å². The molecule has 6 nitrogen and oxygen atoms in total. The Balaban J connectivity index is 1.80. The molecule has 170 valence electrons. The topological polar surface area (TPSA) is 59.3 Å². The van der Waals surface area contributed by atoms with Gasteiger partial charge in [-0.2, -0.15) is 11.8 Å². The third kappa shape index (κ3) is 4.18. The lowest BCUT2D eigenvalue weighted by Crippen LogP contribution is -2.48. The van der Waals surface area contributed by atoms with Crippen molar-refractivity contribution in [3.05, 3.63) is 58.5 Å². The molecular formula is C25H32N4O2S. The maximum atomic E-state index is 13.5. The van der Waals surface area contributed by atoms with E-state index in [-0.39, 0.29) is 23.2 Å². The van der Waals surface area contributed by atoms with Gasteiger partial charge in [-0.25, -0.2) is 4.79 Å². The van der Waals surface area contributed by atoms with E-state index < -0.39 is 0 Å². The maximum absolute atomic E-state index is 13.5. The Morgan fingerprint density at radius 1 is 1.09 bits per heavy atom. The number of fused-ring (bicyclic) bond motifs is 1. The van der Waals surface area contributed by atoms with Gasteiger partial charge in [-0.3, -0.25) is 13.9 Å². The molecule has 0 bridgehead atoms. The number of benzene rings is 2. The molecule has 0 saturated carbocycles. The van der Waals surface area contributed by atoms with Crippen LogP contribution in [0.15, 0.2) is 47.3 Å². The first-order valence-corrected chi connectivity index (χ1v) is 12.3. The van der Waals surface area contributed by atoms with Gasteiger partial charge in [-0.1, -0.05) is 6.07 Å². The lowest BCUT2D eigenvalue weighted by molar-refractivity contribution is 0.0901. The fraction of sp³-hybridized carbons (Fsp3) is 0.440. The van der Waals surface area contributed by atoms with E-state index in [1.54, 1.807) is 9.13 Å². The molecule has 0 radical (unpaired) electrons. The summed E-state index contributed by atoms with van der Waals surface area (Å²) in [5.74, 6) is 2.06. The fourth-order valence-electron chi connectivity index (χ4n) is 4.31. The van der Waals surface area contributed by atoms with E-state index in [0.29, 0.717) is 5.56 Å². The molecule has 1 saturated heterocycles. The van der Waals surface area contributed by atoms with Crippen LogP contribution in [0, 0.1) is 0 Å². The van der Waals surface area contributed by atoms with Gasteiger partial charge in [0, 0.05) is 36.9 Å². The molecule has 32 heavy (non-hydrogen) atoms.